The Morgan fingerprint density at radius 3 is 2.53 bits per heavy atom. The lowest BCUT2D eigenvalue weighted by Gasteiger charge is -2.28. The Bertz CT molecular complexity index is 300. The molecule has 0 aromatic heterocycles. The summed E-state index contributed by atoms with van der Waals surface area (Å²) in [7, 11) is 1.33. The SMILES string of the molecule is CCC(NC(=O)CC1CCCCC1N)C(=O)OC.Cl. The summed E-state index contributed by atoms with van der Waals surface area (Å²) in [6.07, 6.45) is 5.23. The molecule has 1 saturated carbocycles. The van der Waals surface area contributed by atoms with Gasteiger partial charge in [0, 0.05) is 12.5 Å². The summed E-state index contributed by atoms with van der Waals surface area (Å²) < 4.78 is 4.64. The van der Waals surface area contributed by atoms with Gasteiger partial charge in [-0.3, -0.25) is 4.79 Å². The van der Waals surface area contributed by atoms with Crippen LogP contribution >= 0.6 is 12.4 Å². The highest BCUT2D eigenvalue weighted by Gasteiger charge is 2.26. The first-order valence-corrected chi connectivity index (χ1v) is 6.71. The van der Waals surface area contributed by atoms with E-state index in [9.17, 15) is 9.59 Å². The van der Waals surface area contributed by atoms with Crippen molar-refractivity contribution in [2.24, 2.45) is 11.7 Å². The van der Waals surface area contributed by atoms with Crippen LogP contribution in [-0.4, -0.2) is 31.1 Å². The Labute approximate surface area is 121 Å². The van der Waals surface area contributed by atoms with Crippen molar-refractivity contribution in [1.82, 2.24) is 5.32 Å². The molecular formula is C13H25ClN2O3. The van der Waals surface area contributed by atoms with E-state index < -0.39 is 12.0 Å². The molecule has 0 spiro atoms. The summed E-state index contributed by atoms with van der Waals surface area (Å²) >= 11 is 0. The smallest absolute Gasteiger partial charge is 0.328 e. The van der Waals surface area contributed by atoms with E-state index in [2.05, 4.69) is 10.1 Å². The minimum Gasteiger partial charge on any atom is -0.467 e. The molecule has 6 heteroatoms. The Kier molecular flexibility index (Phi) is 8.76. The number of carbonyl (C=O) groups excluding carboxylic acids is 2. The van der Waals surface area contributed by atoms with Gasteiger partial charge in [-0.1, -0.05) is 19.8 Å². The number of nitrogens with two attached hydrogens (primary N) is 1. The minimum atomic E-state index is -0.540. The zero-order chi connectivity index (χ0) is 13.5. The lowest BCUT2D eigenvalue weighted by atomic mass is 9.83. The molecule has 0 heterocycles. The van der Waals surface area contributed by atoms with Crippen molar-refractivity contribution in [2.75, 3.05) is 7.11 Å². The topological polar surface area (TPSA) is 81.4 Å². The number of hydrogen-bond donors (Lipinski definition) is 2. The van der Waals surface area contributed by atoms with E-state index in [-0.39, 0.29) is 30.3 Å². The highest BCUT2D eigenvalue weighted by atomic mass is 35.5. The first-order valence-electron chi connectivity index (χ1n) is 6.71. The van der Waals surface area contributed by atoms with Gasteiger partial charge in [0.2, 0.25) is 5.91 Å². The molecule has 1 amide bonds. The molecule has 0 aliphatic heterocycles. The fourth-order valence-corrected chi connectivity index (χ4v) is 2.45. The van der Waals surface area contributed by atoms with Gasteiger partial charge in [-0.15, -0.1) is 12.4 Å². The van der Waals surface area contributed by atoms with Gasteiger partial charge in [-0.05, 0) is 25.2 Å². The molecule has 19 heavy (non-hydrogen) atoms. The fourth-order valence-electron chi connectivity index (χ4n) is 2.45. The molecular weight excluding hydrogens is 268 g/mol. The third-order valence-electron chi connectivity index (χ3n) is 3.64. The Morgan fingerprint density at radius 2 is 2.00 bits per heavy atom. The normalized spacial score (nSPS) is 23.9. The van der Waals surface area contributed by atoms with Crippen molar-refractivity contribution in [3.05, 3.63) is 0 Å². The second kappa shape index (κ2) is 9.15. The predicted molar refractivity (Wildman–Crippen MR) is 76.0 cm³/mol. The van der Waals surface area contributed by atoms with Crippen LogP contribution < -0.4 is 11.1 Å². The first kappa shape index (κ1) is 18.2. The standard InChI is InChI=1S/C13H24N2O3.ClH/c1-3-11(13(17)18-2)15-12(16)8-9-6-4-5-7-10(9)14;/h9-11H,3-8,14H2,1-2H3,(H,15,16);1H. The monoisotopic (exact) mass is 292 g/mol. The molecule has 0 saturated heterocycles. The van der Waals surface area contributed by atoms with Crippen LogP contribution in [0, 0.1) is 5.92 Å². The molecule has 1 aliphatic carbocycles. The van der Waals surface area contributed by atoms with Crippen LogP contribution in [0.5, 0.6) is 0 Å². The first-order chi connectivity index (χ1) is 8.58. The molecule has 1 rings (SSSR count). The molecule has 1 aliphatic rings. The van der Waals surface area contributed by atoms with Gasteiger partial charge in [0.1, 0.15) is 6.04 Å². The van der Waals surface area contributed by atoms with Crippen molar-refractivity contribution < 1.29 is 14.3 Å². The van der Waals surface area contributed by atoms with Gasteiger partial charge in [0.25, 0.3) is 0 Å². The third kappa shape index (κ3) is 5.78. The second-order valence-corrected chi connectivity index (χ2v) is 4.96. The number of rotatable bonds is 5. The Hall–Kier alpha value is -0.810. The second-order valence-electron chi connectivity index (χ2n) is 4.96. The van der Waals surface area contributed by atoms with Gasteiger partial charge >= 0.3 is 5.97 Å². The average Bonchev–Trinajstić information content (AvgIpc) is 2.37. The summed E-state index contributed by atoms with van der Waals surface area (Å²) in [6, 6.07) is -0.426. The number of ether oxygens (including phenoxy) is 1. The summed E-state index contributed by atoms with van der Waals surface area (Å²) in [5.74, 6) is -0.248. The lowest BCUT2D eigenvalue weighted by molar-refractivity contribution is -0.145. The molecule has 5 nitrogen and oxygen atoms in total. The van der Waals surface area contributed by atoms with Crippen molar-refractivity contribution in [3.63, 3.8) is 0 Å². The Balaban J connectivity index is 0.00000324. The quantitative estimate of drug-likeness (QED) is 0.750. The number of halogens is 1. The van der Waals surface area contributed by atoms with Crippen LogP contribution in [0.25, 0.3) is 0 Å². The van der Waals surface area contributed by atoms with E-state index in [0.717, 1.165) is 25.7 Å². The molecule has 0 bridgehead atoms. The van der Waals surface area contributed by atoms with E-state index in [1.54, 1.807) is 0 Å². The average molecular weight is 293 g/mol. The van der Waals surface area contributed by atoms with E-state index in [0.29, 0.717) is 12.8 Å². The van der Waals surface area contributed by atoms with Crippen molar-refractivity contribution in [1.29, 1.82) is 0 Å². The zero-order valence-corrected chi connectivity index (χ0v) is 12.5. The molecule has 3 N–H and O–H groups in total. The van der Waals surface area contributed by atoms with Gasteiger partial charge in [0.05, 0.1) is 7.11 Å². The van der Waals surface area contributed by atoms with Crippen LogP contribution in [0.2, 0.25) is 0 Å². The molecule has 0 aromatic carbocycles. The predicted octanol–water partition coefficient (Wildman–Crippen LogP) is 1.38. The number of methoxy groups -OCH3 is 1. The molecule has 0 radical (unpaired) electrons. The van der Waals surface area contributed by atoms with Crippen LogP contribution in [0.4, 0.5) is 0 Å². The third-order valence-corrected chi connectivity index (χ3v) is 3.64. The molecule has 3 unspecified atom stereocenters. The van der Waals surface area contributed by atoms with E-state index in [1.807, 2.05) is 6.92 Å². The van der Waals surface area contributed by atoms with E-state index >= 15 is 0 Å². The molecule has 1 fully saturated rings. The molecule has 3 atom stereocenters. The maximum absolute atomic E-state index is 11.9. The van der Waals surface area contributed by atoms with Crippen LogP contribution in [-0.2, 0) is 14.3 Å². The summed E-state index contributed by atoms with van der Waals surface area (Å²) in [6.45, 7) is 1.84. The minimum absolute atomic E-state index is 0. The number of carbonyl (C=O) groups is 2. The lowest BCUT2D eigenvalue weighted by Crippen LogP contribution is -2.43. The summed E-state index contributed by atoms with van der Waals surface area (Å²) in [5.41, 5.74) is 6.00. The number of nitrogens with one attached hydrogen (secondary N) is 1. The highest BCUT2D eigenvalue weighted by Crippen LogP contribution is 2.25. The molecule has 112 valence electrons. The van der Waals surface area contributed by atoms with Gasteiger partial charge in [-0.25, -0.2) is 4.79 Å². The maximum atomic E-state index is 11.9. The van der Waals surface area contributed by atoms with Crippen molar-refractivity contribution in [3.8, 4) is 0 Å². The molecule has 0 aromatic rings. The van der Waals surface area contributed by atoms with Crippen molar-refractivity contribution in [2.45, 2.75) is 57.5 Å². The number of hydrogen-bond acceptors (Lipinski definition) is 4. The van der Waals surface area contributed by atoms with Gasteiger partial charge in [-0.2, -0.15) is 0 Å². The van der Waals surface area contributed by atoms with E-state index in [1.165, 1.54) is 7.11 Å². The summed E-state index contributed by atoms with van der Waals surface area (Å²) in [5, 5.41) is 2.72. The highest BCUT2D eigenvalue weighted by molar-refractivity contribution is 5.85. The summed E-state index contributed by atoms with van der Waals surface area (Å²) in [4.78, 5) is 23.2. The number of amides is 1. The largest absolute Gasteiger partial charge is 0.467 e. The van der Waals surface area contributed by atoms with Gasteiger partial charge in [0.15, 0.2) is 0 Å². The van der Waals surface area contributed by atoms with Crippen LogP contribution in [0.15, 0.2) is 0 Å². The van der Waals surface area contributed by atoms with Crippen molar-refractivity contribution >= 4 is 24.3 Å². The van der Waals surface area contributed by atoms with Crippen LogP contribution in [0.1, 0.15) is 45.4 Å². The van der Waals surface area contributed by atoms with Crippen LogP contribution in [0.3, 0.4) is 0 Å². The van der Waals surface area contributed by atoms with Gasteiger partial charge < -0.3 is 15.8 Å². The zero-order valence-electron chi connectivity index (χ0n) is 11.7. The fraction of sp³-hybridized carbons (Fsp3) is 0.846. The Morgan fingerprint density at radius 1 is 1.37 bits per heavy atom. The maximum Gasteiger partial charge on any atom is 0.328 e. The number of esters is 1. The van der Waals surface area contributed by atoms with E-state index in [4.69, 9.17) is 5.73 Å².